The molecule has 3 atom stereocenters. The van der Waals surface area contributed by atoms with Crippen molar-refractivity contribution in [2.75, 3.05) is 40.3 Å². The number of amides is 2. The lowest BCUT2D eigenvalue weighted by Crippen LogP contribution is -2.44. The number of hydrogen-bond donors (Lipinski definition) is 0. The predicted molar refractivity (Wildman–Crippen MR) is 143 cm³/mol. The first-order valence-corrected chi connectivity index (χ1v) is 13.2. The molecule has 0 N–H and O–H groups in total. The number of nitrogens with zero attached hydrogens (tertiary/aromatic N) is 4. The van der Waals surface area contributed by atoms with Gasteiger partial charge in [0, 0.05) is 58.4 Å². The molecule has 0 aromatic rings. The van der Waals surface area contributed by atoms with E-state index in [0.717, 1.165) is 32.6 Å². The molecule has 3 unspecified atom stereocenters. The van der Waals surface area contributed by atoms with Crippen molar-refractivity contribution >= 4 is 12.2 Å². The molecule has 0 radical (unpaired) electrons. The number of hydrogen-bond acceptors (Lipinski definition) is 6. The van der Waals surface area contributed by atoms with E-state index in [-0.39, 0.29) is 24.3 Å². The molecule has 2 fully saturated rings. The molecule has 2 heterocycles. The lowest BCUT2D eigenvalue weighted by molar-refractivity contribution is 0.0196. The van der Waals surface area contributed by atoms with Gasteiger partial charge >= 0.3 is 12.2 Å². The van der Waals surface area contributed by atoms with Gasteiger partial charge in [0.1, 0.15) is 11.2 Å². The highest BCUT2D eigenvalue weighted by molar-refractivity contribution is 5.68. The van der Waals surface area contributed by atoms with Crippen molar-refractivity contribution in [1.29, 1.82) is 0 Å². The van der Waals surface area contributed by atoms with Crippen molar-refractivity contribution < 1.29 is 19.1 Å². The standard InChI is InChI=1S/C14H28N2O2.C13H26N2O2/c1-10(2)16-8-11(3)12(9-16)15(7)13(17)18-14(4,5)6;1-10(2)15-8-7-11(9-15)14(6)12(16)17-13(3,4)5/h10-12H,8-9H2,1-7H3;10-11H,7-9H2,1-6H3. The summed E-state index contributed by atoms with van der Waals surface area (Å²) in [5, 5.41) is 0. The second kappa shape index (κ2) is 12.6. The molecule has 2 aliphatic heterocycles. The normalized spacial score (nSPS) is 23.8. The Morgan fingerprint density at radius 2 is 1.23 bits per heavy atom. The molecule has 0 aliphatic carbocycles. The molecular weight excluding hydrogens is 444 g/mol. The van der Waals surface area contributed by atoms with E-state index in [0.29, 0.717) is 18.0 Å². The molecular formula is C27H54N4O4. The van der Waals surface area contributed by atoms with E-state index in [2.05, 4.69) is 44.4 Å². The molecule has 2 rings (SSSR count). The Hall–Kier alpha value is -1.54. The van der Waals surface area contributed by atoms with Gasteiger partial charge in [-0.3, -0.25) is 9.80 Å². The number of ether oxygens (including phenoxy) is 2. The van der Waals surface area contributed by atoms with Crippen LogP contribution in [0.25, 0.3) is 0 Å². The fraction of sp³-hybridized carbons (Fsp3) is 0.926. The van der Waals surface area contributed by atoms with Gasteiger partial charge in [-0.15, -0.1) is 0 Å². The van der Waals surface area contributed by atoms with Gasteiger partial charge in [-0.05, 0) is 81.6 Å². The minimum Gasteiger partial charge on any atom is -0.444 e. The van der Waals surface area contributed by atoms with E-state index < -0.39 is 11.2 Å². The zero-order valence-corrected chi connectivity index (χ0v) is 24.8. The zero-order valence-electron chi connectivity index (χ0n) is 24.8. The molecule has 35 heavy (non-hydrogen) atoms. The molecule has 0 spiro atoms. The van der Waals surface area contributed by atoms with Crippen LogP contribution in [0.15, 0.2) is 0 Å². The monoisotopic (exact) mass is 498 g/mol. The van der Waals surface area contributed by atoms with Crippen molar-refractivity contribution in [2.45, 2.75) is 118 Å². The molecule has 2 amide bonds. The van der Waals surface area contributed by atoms with Gasteiger partial charge in [0.05, 0.1) is 6.04 Å². The SMILES string of the molecule is CC(C)N1CCC(N(C)C(=O)OC(C)(C)C)C1.CC1CN(C(C)C)CC1N(C)C(=O)OC(C)(C)C. The van der Waals surface area contributed by atoms with E-state index in [1.54, 1.807) is 9.80 Å². The molecule has 8 heteroatoms. The van der Waals surface area contributed by atoms with Crippen molar-refractivity contribution in [3.8, 4) is 0 Å². The quantitative estimate of drug-likeness (QED) is 0.548. The maximum Gasteiger partial charge on any atom is 0.410 e. The Morgan fingerprint density at radius 1 is 0.771 bits per heavy atom. The summed E-state index contributed by atoms with van der Waals surface area (Å²) < 4.78 is 10.8. The van der Waals surface area contributed by atoms with E-state index in [1.165, 1.54) is 0 Å². The summed E-state index contributed by atoms with van der Waals surface area (Å²) in [5.74, 6) is 0.491. The van der Waals surface area contributed by atoms with E-state index >= 15 is 0 Å². The van der Waals surface area contributed by atoms with Crippen LogP contribution < -0.4 is 0 Å². The summed E-state index contributed by atoms with van der Waals surface area (Å²) in [6.07, 6.45) is 0.603. The third-order valence-corrected chi connectivity index (χ3v) is 6.66. The van der Waals surface area contributed by atoms with E-state index in [4.69, 9.17) is 9.47 Å². The third-order valence-electron chi connectivity index (χ3n) is 6.66. The second-order valence-electron chi connectivity index (χ2n) is 12.8. The molecule has 0 aromatic heterocycles. The summed E-state index contributed by atoms with van der Waals surface area (Å²) in [6, 6.07) is 1.62. The number of likely N-dealkylation sites (tertiary alicyclic amines) is 2. The molecule has 206 valence electrons. The lowest BCUT2D eigenvalue weighted by atomic mass is 10.1. The van der Waals surface area contributed by atoms with Gasteiger partial charge in [0.25, 0.3) is 0 Å². The maximum absolute atomic E-state index is 12.1. The Balaban J connectivity index is 0.000000351. The van der Waals surface area contributed by atoms with Crippen LogP contribution in [0.5, 0.6) is 0 Å². The predicted octanol–water partition coefficient (Wildman–Crippen LogP) is 4.92. The maximum atomic E-state index is 12.1. The minimum absolute atomic E-state index is 0.215. The van der Waals surface area contributed by atoms with Gasteiger partial charge < -0.3 is 19.3 Å². The Morgan fingerprint density at radius 3 is 1.60 bits per heavy atom. The van der Waals surface area contributed by atoms with Crippen molar-refractivity contribution in [3.05, 3.63) is 0 Å². The second-order valence-corrected chi connectivity index (χ2v) is 12.8. The van der Waals surface area contributed by atoms with Crippen LogP contribution in [-0.2, 0) is 9.47 Å². The number of rotatable bonds is 4. The van der Waals surface area contributed by atoms with Crippen LogP contribution >= 0.6 is 0 Å². The first-order chi connectivity index (χ1) is 15.8. The van der Waals surface area contributed by atoms with Crippen molar-refractivity contribution in [1.82, 2.24) is 19.6 Å². The average molecular weight is 499 g/mol. The first kappa shape index (κ1) is 31.5. The largest absolute Gasteiger partial charge is 0.444 e. The highest BCUT2D eigenvalue weighted by Crippen LogP contribution is 2.24. The minimum atomic E-state index is -0.426. The zero-order chi connectivity index (χ0) is 27.3. The lowest BCUT2D eigenvalue weighted by Gasteiger charge is -2.30. The fourth-order valence-corrected chi connectivity index (χ4v) is 4.42. The Labute approximate surface area is 215 Å². The molecule has 8 nitrogen and oxygen atoms in total. The van der Waals surface area contributed by atoms with Gasteiger partial charge in [-0.2, -0.15) is 0 Å². The summed E-state index contributed by atoms with van der Waals surface area (Å²) in [5.41, 5.74) is -0.841. The number of likely N-dealkylation sites (N-methyl/N-ethyl adjacent to an activating group) is 2. The third kappa shape index (κ3) is 10.5. The van der Waals surface area contributed by atoms with Crippen LogP contribution in [0.4, 0.5) is 9.59 Å². The molecule has 0 saturated carbocycles. The average Bonchev–Trinajstić information content (AvgIpc) is 3.32. The number of carbonyl (C=O) groups is 2. The summed E-state index contributed by atoms with van der Waals surface area (Å²) in [6.45, 7) is 26.4. The fourth-order valence-electron chi connectivity index (χ4n) is 4.42. The van der Waals surface area contributed by atoms with Crippen LogP contribution in [0.3, 0.4) is 0 Å². The summed E-state index contributed by atoms with van der Waals surface area (Å²) in [7, 11) is 3.68. The molecule has 0 aromatic carbocycles. The van der Waals surface area contributed by atoms with E-state index in [1.807, 2.05) is 55.6 Å². The Kier molecular flexibility index (Phi) is 11.4. The van der Waals surface area contributed by atoms with Gasteiger partial charge in [0.15, 0.2) is 0 Å². The van der Waals surface area contributed by atoms with Crippen LogP contribution in [0.1, 0.15) is 82.6 Å². The van der Waals surface area contributed by atoms with Crippen LogP contribution in [-0.4, -0.2) is 107 Å². The van der Waals surface area contributed by atoms with Gasteiger partial charge in [-0.25, -0.2) is 9.59 Å². The van der Waals surface area contributed by atoms with Crippen LogP contribution in [0.2, 0.25) is 0 Å². The van der Waals surface area contributed by atoms with Crippen LogP contribution in [0, 0.1) is 5.92 Å². The first-order valence-electron chi connectivity index (χ1n) is 13.2. The number of carbonyl (C=O) groups excluding carboxylic acids is 2. The summed E-state index contributed by atoms with van der Waals surface area (Å²) in [4.78, 5) is 32.3. The van der Waals surface area contributed by atoms with E-state index in [9.17, 15) is 9.59 Å². The van der Waals surface area contributed by atoms with Crippen molar-refractivity contribution in [2.24, 2.45) is 5.92 Å². The molecule has 2 aliphatic rings. The van der Waals surface area contributed by atoms with Gasteiger partial charge in [0.2, 0.25) is 0 Å². The smallest absolute Gasteiger partial charge is 0.410 e. The highest BCUT2D eigenvalue weighted by Gasteiger charge is 2.37. The Bertz CT molecular complexity index is 684. The topological polar surface area (TPSA) is 65.6 Å². The van der Waals surface area contributed by atoms with Gasteiger partial charge in [-0.1, -0.05) is 6.92 Å². The molecule has 2 saturated heterocycles. The highest BCUT2D eigenvalue weighted by atomic mass is 16.6. The summed E-state index contributed by atoms with van der Waals surface area (Å²) >= 11 is 0. The molecule has 0 bridgehead atoms. The van der Waals surface area contributed by atoms with Crippen molar-refractivity contribution in [3.63, 3.8) is 0 Å².